The van der Waals surface area contributed by atoms with Crippen molar-refractivity contribution in [1.29, 1.82) is 0 Å². The van der Waals surface area contributed by atoms with Gasteiger partial charge < -0.3 is 0 Å². The van der Waals surface area contributed by atoms with Crippen molar-refractivity contribution in [2.75, 3.05) is 0 Å². The molecule has 0 aromatic rings. The van der Waals surface area contributed by atoms with E-state index in [2.05, 4.69) is 19.9 Å². The Bertz CT molecular complexity index is 165. The third kappa shape index (κ3) is 2.90. The monoisotopic (exact) mass is 255 g/mol. The molecule has 0 spiro atoms. The Morgan fingerprint density at radius 3 is 1.90 bits per heavy atom. The second-order valence-electron chi connectivity index (χ2n) is 2.19. The van der Waals surface area contributed by atoms with Gasteiger partial charge in [-0.25, -0.2) is 0 Å². The summed E-state index contributed by atoms with van der Waals surface area (Å²) in [6, 6.07) is 0. The molecule has 0 unspecified atom stereocenters. The zero-order chi connectivity index (χ0) is 6.15. The third-order valence-corrected chi connectivity index (χ3v) is 3.08. The van der Waals surface area contributed by atoms with Gasteiger partial charge in [0.25, 0.3) is 0 Å². The average molecular weight is 257 g/mol. The Morgan fingerprint density at radius 2 is 1.80 bits per heavy atom. The molecule has 3 heteroatoms. The number of halogens is 2. The predicted molar refractivity (Wildman–Crippen MR) is 45.6 cm³/mol. The second-order valence-corrected chi connectivity index (χ2v) is 3.68. The van der Waals surface area contributed by atoms with Crippen LogP contribution in [0, 0.1) is 0 Å². The first-order valence-electron chi connectivity index (χ1n) is 2.80. The maximum atomic E-state index is 2.30. The molecule has 0 aromatic carbocycles. The summed E-state index contributed by atoms with van der Waals surface area (Å²) in [4.78, 5) is 0. The molecular weight excluding hydrogens is 246 g/mol. The van der Waals surface area contributed by atoms with E-state index in [0.29, 0.717) is 0 Å². The molecule has 1 rings (SSSR count). The number of hydrogen-bond acceptors (Lipinski definition) is 0. The molecule has 0 bridgehead atoms. The van der Waals surface area contributed by atoms with Crippen molar-refractivity contribution in [1.82, 2.24) is 0 Å². The van der Waals surface area contributed by atoms with Gasteiger partial charge >= 0.3 is 65.5 Å². The molecule has 0 radical (unpaired) electrons. The van der Waals surface area contributed by atoms with E-state index in [4.69, 9.17) is 0 Å². The fraction of sp³-hybridized carbons (Fsp3) is 0.429. The molecular formula is C7H11Cl2Zr. The van der Waals surface area contributed by atoms with Crippen molar-refractivity contribution in [3.05, 3.63) is 20.5 Å². The van der Waals surface area contributed by atoms with Crippen LogP contribution in [-0.4, -0.2) is 0 Å². The van der Waals surface area contributed by atoms with Gasteiger partial charge in [-0.15, -0.1) is 24.8 Å². The van der Waals surface area contributed by atoms with Crippen LogP contribution in [0.2, 0.25) is 0 Å². The van der Waals surface area contributed by atoms with Gasteiger partial charge in [-0.3, -0.25) is 0 Å². The first kappa shape index (κ1) is 13.5. The van der Waals surface area contributed by atoms with Gasteiger partial charge in [0, 0.05) is 0 Å². The van der Waals surface area contributed by atoms with Crippen molar-refractivity contribution >= 4 is 24.8 Å². The summed E-state index contributed by atoms with van der Waals surface area (Å²) < 4.78 is 1.62. The van der Waals surface area contributed by atoms with Gasteiger partial charge in [0.05, 0.1) is 0 Å². The summed E-state index contributed by atoms with van der Waals surface area (Å²) in [6.45, 7) is 4.40. The Morgan fingerprint density at radius 1 is 1.30 bits per heavy atom. The molecule has 0 saturated heterocycles. The summed E-state index contributed by atoms with van der Waals surface area (Å²) in [6.07, 6.45) is 3.52. The molecule has 1 aliphatic rings. The number of allylic oxidation sites excluding steroid dienone is 4. The number of hydrogen-bond donors (Lipinski definition) is 0. The van der Waals surface area contributed by atoms with Crippen LogP contribution in [0.15, 0.2) is 20.5 Å². The summed E-state index contributed by atoms with van der Waals surface area (Å²) in [5.74, 6) is 0. The summed E-state index contributed by atoms with van der Waals surface area (Å²) >= 11 is 1.58. The molecule has 0 heterocycles. The van der Waals surface area contributed by atoms with Gasteiger partial charge in [-0.05, 0) is 0 Å². The normalized spacial score (nSPS) is 15.5. The van der Waals surface area contributed by atoms with E-state index >= 15 is 0 Å². The van der Waals surface area contributed by atoms with E-state index in [1.54, 1.807) is 28.0 Å². The van der Waals surface area contributed by atoms with Crippen LogP contribution < -0.4 is 0 Å². The summed E-state index contributed by atoms with van der Waals surface area (Å²) in [5, 5.41) is 0. The van der Waals surface area contributed by atoms with Crippen molar-refractivity contribution in [3.8, 4) is 0 Å². The van der Waals surface area contributed by atoms with Crippen LogP contribution in [0.1, 0.15) is 20.3 Å². The maximum absolute atomic E-state index is 2.30. The van der Waals surface area contributed by atoms with Gasteiger partial charge in [-0.2, -0.15) is 0 Å². The predicted octanol–water partition coefficient (Wildman–Crippen LogP) is 3.00. The van der Waals surface area contributed by atoms with E-state index in [1.807, 2.05) is 0 Å². The first-order chi connectivity index (χ1) is 3.72. The van der Waals surface area contributed by atoms with E-state index in [0.717, 1.165) is 0 Å². The van der Waals surface area contributed by atoms with E-state index in [9.17, 15) is 0 Å². The van der Waals surface area contributed by atoms with Crippen LogP contribution >= 0.6 is 24.8 Å². The molecule has 0 fully saturated rings. The zero-order valence-corrected chi connectivity index (χ0v) is 10.2. The summed E-state index contributed by atoms with van der Waals surface area (Å²) in [5.41, 5.74) is 3.01. The average Bonchev–Trinajstić information content (AvgIpc) is 1.98. The Balaban J connectivity index is 0. The third-order valence-electron chi connectivity index (χ3n) is 1.66. The quantitative estimate of drug-likeness (QED) is 0.626. The van der Waals surface area contributed by atoms with E-state index < -0.39 is 0 Å². The van der Waals surface area contributed by atoms with Crippen molar-refractivity contribution in [2.45, 2.75) is 20.3 Å². The molecule has 57 valence electrons. The minimum atomic E-state index is 0. The molecule has 0 N–H and O–H groups in total. The molecule has 0 saturated carbocycles. The van der Waals surface area contributed by atoms with E-state index in [-0.39, 0.29) is 24.8 Å². The molecule has 1 aliphatic carbocycles. The van der Waals surface area contributed by atoms with Crippen LogP contribution in [0.3, 0.4) is 0 Å². The van der Waals surface area contributed by atoms with Gasteiger partial charge in [0.2, 0.25) is 0 Å². The minimum absolute atomic E-state index is 0. The van der Waals surface area contributed by atoms with Crippen LogP contribution in [0.25, 0.3) is 0 Å². The van der Waals surface area contributed by atoms with Gasteiger partial charge in [-0.1, -0.05) is 0 Å². The minimum Gasteiger partial charge on any atom is -0.147 e. The molecule has 0 amide bonds. The molecule has 10 heavy (non-hydrogen) atoms. The van der Waals surface area contributed by atoms with Gasteiger partial charge in [0.1, 0.15) is 0 Å². The van der Waals surface area contributed by atoms with Crippen LogP contribution in [0.5, 0.6) is 0 Å². The summed E-state index contributed by atoms with van der Waals surface area (Å²) in [7, 11) is 0. The SMILES string of the molecule is CC1=CC[C]([Zr])=C1C.Cl.Cl. The van der Waals surface area contributed by atoms with E-state index in [1.165, 1.54) is 17.6 Å². The van der Waals surface area contributed by atoms with Crippen molar-refractivity contribution in [3.63, 3.8) is 0 Å². The fourth-order valence-corrected chi connectivity index (χ4v) is 1.53. The fourth-order valence-electron chi connectivity index (χ4n) is 0.799. The molecule has 0 aliphatic heterocycles. The smallest absolute Gasteiger partial charge is 0.147 e. The second kappa shape index (κ2) is 5.58. The zero-order valence-electron chi connectivity index (χ0n) is 6.10. The Labute approximate surface area is 89.8 Å². The van der Waals surface area contributed by atoms with Gasteiger partial charge in [0.15, 0.2) is 0 Å². The standard InChI is InChI=1S/C7H9.2ClH.Zr/c1-6-4-3-5-7(6)2;;;/h4H,3H2,1-2H3;2*1H;. The van der Waals surface area contributed by atoms with Crippen molar-refractivity contribution < 1.29 is 24.7 Å². The van der Waals surface area contributed by atoms with Crippen LogP contribution in [-0.2, 0) is 24.7 Å². The Kier molecular flexibility index (Phi) is 7.54. The first-order valence-corrected chi connectivity index (χ1v) is 4.03. The molecule has 0 nitrogen and oxygen atoms in total. The topological polar surface area (TPSA) is 0 Å². The molecule has 0 aromatic heterocycles. The largest absolute Gasteiger partial charge is 0.147 e. The molecule has 0 atom stereocenters. The van der Waals surface area contributed by atoms with Crippen LogP contribution in [0.4, 0.5) is 0 Å². The maximum Gasteiger partial charge on any atom is -0.147 e. The number of rotatable bonds is 0. The Hall–Kier alpha value is 0.943. The van der Waals surface area contributed by atoms with Crippen molar-refractivity contribution in [2.24, 2.45) is 0 Å².